The number of fused-ring (bicyclic) bond motifs is 1. The van der Waals surface area contributed by atoms with Crippen LogP contribution in [-0.2, 0) is 6.18 Å². The van der Waals surface area contributed by atoms with Crippen LogP contribution < -0.4 is 11.1 Å². The van der Waals surface area contributed by atoms with Gasteiger partial charge in [0.25, 0.3) is 0 Å². The van der Waals surface area contributed by atoms with Crippen molar-refractivity contribution in [3.05, 3.63) is 59.3 Å². The molecule has 1 aromatic carbocycles. The second-order valence-corrected chi connectivity index (χ2v) is 7.34. The number of nitriles is 1. The average Bonchev–Trinajstić information content (AvgIpc) is 3.13. The van der Waals surface area contributed by atoms with E-state index in [1.165, 1.54) is 16.9 Å². The van der Waals surface area contributed by atoms with E-state index in [0.717, 1.165) is 11.6 Å². The first kappa shape index (κ1) is 21.8. The number of rotatable bonds is 4. The van der Waals surface area contributed by atoms with Crippen molar-refractivity contribution >= 4 is 17.2 Å². The zero-order chi connectivity index (χ0) is 23.9. The molecular weight excluding hydrogens is 437 g/mol. The normalized spacial score (nSPS) is 12.5. The minimum atomic E-state index is -4.65. The molecule has 0 aliphatic heterocycles. The molecule has 12 heteroatoms. The first-order valence-electron chi connectivity index (χ1n) is 9.63. The summed E-state index contributed by atoms with van der Waals surface area (Å²) in [5.74, 6) is -0.155. The van der Waals surface area contributed by atoms with Gasteiger partial charge in [0.15, 0.2) is 5.82 Å². The number of nitrogen functional groups attached to an aromatic ring is 1. The number of aryl methyl sites for hydroxylation is 1. The summed E-state index contributed by atoms with van der Waals surface area (Å²) in [6, 6.07) is 5.85. The average molecular weight is 454 g/mol. The predicted octanol–water partition coefficient (Wildman–Crippen LogP) is 3.85. The smallest absolute Gasteiger partial charge is 0.416 e. The zero-order valence-electron chi connectivity index (χ0n) is 17.4. The van der Waals surface area contributed by atoms with Gasteiger partial charge in [-0.2, -0.15) is 23.5 Å². The van der Waals surface area contributed by atoms with Gasteiger partial charge in [-0.15, -0.1) is 0 Å². The Hall–Kier alpha value is -4.40. The van der Waals surface area contributed by atoms with Crippen molar-refractivity contribution in [1.29, 1.82) is 5.26 Å². The van der Waals surface area contributed by atoms with Crippen LogP contribution in [0.4, 0.5) is 24.8 Å². The lowest BCUT2D eigenvalue weighted by Gasteiger charge is -2.17. The molecule has 0 saturated carbocycles. The number of phenolic OH excluding ortho intramolecular Hbond substituents is 1. The van der Waals surface area contributed by atoms with Crippen molar-refractivity contribution in [3.63, 3.8) is 0 Å². The molecule has 4 aromatic rings. The van der Waals surface area contributed by atoms with E-state index in [9.17, 15) is 23.5 Å². The van der Waals surface area contributed by atoms with Crippen molar-refractivity contribution in [2.75, 3.05) is 11.1 Å². The van der Waals surface area contributed by atoms with E-state index in [1.807, 2.05) is 6.07 Å². The molecule has 1 unspecified atom stereocenters. The molecule has 0 spiro atoms. The molecule has 4 rings (SSSR count). The molecule has 0 fully saturated rings. The molecule has 0 bridgehead atoms. The van der Waals surface area contributed by atoms with E-state index in [-0.39, 0.29) is 34.3 Å². The van der Waals surface area contributed by atoms with Gasteiger partial charge in [-0.05, 0) is 43.7 Å². The van der Waals surface area contributed by atoms with E-state index in [1.54, 1.807) is 26.1 Å². The maximum absolute atomic E-state index is 13.3. The van der Waals surface area contributed by atoms with Crippen molar-refractivity contribution < 1.29 is 18.3 Å². The molecule has 0 aliphatic rings. The number of anilines is 2. The first-order chi connectivity index (χ1) is 15.6. The maximum atomic E-state index is 13.3. The van der Waals surface area contributed by atoms with Gasteiger partial charge in [-0.3, -0.25) is 0 Å². The third-order valence-electron chi connectivity index (χ3n) is 4.98. The Bertz CT molecular complexity index is 1410. The molecule has 9 nitrogen and oxygen atoms in total. The number of benzene rings is 1. The summed E-state index contributed by atoms with van der Waals surface area (Å²) in [6.45, 7) is 3.48. The second-order valence-electron chi connectivity index (χ2n) is 7.34. The lowest BCUT2D eigenvalue weighted by Crippen LogP contribution is -2.16. The molecular formula is C21H17F3N8O. The van der Waals surface area contributed by atoms with Crippen molar-refractivity contribution in [1.82, 2.24) is 24.6 Å². The highest BCUT2D eigenvalue weighted by molar-refractivity contribution is 5.80. The van der Waals surface area contributed by atoms with Crippen molar-refractivity contribution in [2.45, 2.75) is 26.1 Å². The van der Waals surface area contributed by atoms with Gasteiger partial charge in [0, 0.05) is 11.8 Å². The molecule has 3 aromatic heterocycles. The van der Waals surface area contributed by atoms with Crippen LogP contribution in [0, 0.1) is 18.3 Å². The number of phenols is 1. The predicted molar refractivity (Wildman–Crippen MR) is 113 cm³/mol. The minimum Gasteiger partial charge on any atom is -0.508 e. The van der Waals surface area contributed by atoms with Crippen LogP contribution in [0.3, 0.4) is 0 Å². The third-order valence-corrected chi connectivity index (χ3v) is 4.98. The number of aromatic hydroxyl groups is 1. The monoisotopic (exact) mass is 454 g/mol. The van der Waals surface area contributed by atoms with Crippen LogP contribution in [0.25, 0.3) is 16.8 Å². The SMILES string of the molecule is Cc1ccn2nc(C(C)Nc3ncnc(N)c3C#N)nc(-c3cc(O)cc(C(F)(F)F)c3)c12. The topological polar surface area (TPSA) is 138 Å². The third kappa shape index (κ3) is 4.08. The Morgan fingerprint density at radius 1 is 1.24 bits per heavy atom. The van der Waals surface area contributed by atoms with E-state index < -0.39 is 23.5 Å². The van der Waals surface area contributed by atoms with Crippen molar-refractivity contribution in [2.24, 2.45) is 0 Å². The summed E-state index contributed by atoms with van der Waals surface area (Å²) < 4.78 is 41.5. The fourth-order valence-corrected chi connectivity index (χ4v) is 3.38. The van der Waals surface area contributed by atoms with Gasteiger partial charge in [0.1, 0.15) is 35.3 Å². The summed E-state index contributed by atoms with van der Waals surface area (Å²) in [5.41, 5.74) is 6.29. The molecule has 4 N–H and O–H groups in total. The largest absolute Gasteiger partial charge is 0.508 e. The number of nitrogens with one attached hydrogen (secondary N) is 1. The van der Waals surface area contributed by atoms with Gasteiger partial charge in [-0.1, -0.05) is 0 Å². The summed E-state index contributed by atoms with van der Waals surface area (Å²) in [6.07, 6.45) is -1.80. The summed E-state index contributed by atoms with van der Waals surface area (Å²) in [5, 5.41) is 26.7. The van der Waals surface area contributed by atoms with Crippen LogP contribution in [0.5, 0.6) is 5.75 Å². The Kier molecular flexibility index (Phi) is 5.25. The molecule has 168 valence electrons. The highest BCUT2D eigenvalue weighted by atomic mass is 19.4. The number of aromatic nitrogens is 5. The lowest BCUT2D eigenvalue weighted by atomic mass is 10.0. The molecule has 0 aliphatic carbocycles. The molecule has 3 heterocycles. The Balaban J connectivity index is 1.85. The van der Waals surface area contributed by atoms with Gasteiger partial charge >= 0.3 is 6.18 Å². The van der Waals surface area contributed by atoms with Crippen LogP contribution in [-0.4, -0.2) is 29.7 Å². The van der Waals surface area contributed by atoms with Gasteiger partial charge in [0.2, 0.25) is 0 Å². The molecule has 1 atom stereocenters. The van der Waals surface area contributed by atoms with Crippen LogP contribution in [0.15, 0.2) is 36.8 Å². The van der Waals surface area contributed by atoms with E-state index >= 15 is 0 Å². The van der Waals surface area contributed by atoms with Gasteiger partial charge in [0.05, 0.1) is 22.8 Å². The van der Waals surface area contributed by atoms with Gasteiger partial charge < -0.3 is 16.2 Å². The minimum absolute atomic E-state index is 0.000246. The van der Waals surface area contributed by atoms with Crippen molar-refractivity contribution in [3.8, 4) is 23.1 Å². The number of nitrogens with two attached hydrogens (primary N) is 1. The summed E-state index contributed by atoms with van der Waals surface area (Å²) >= 11 is 0. The van der Waals surface area contributed by atoms with Gasteiger partial charge in [-0.25, -0.2) is 19.5 Å². The van der Waals surface area contributed by atoms with Crippen LogP contribution >= 0.6 is 0 Å². The maximum Gasteiger partial charge on any atom is 0.416 e. The fourth-order valence-electron chi connectivity index (χ4n) is 3.38. The number of halogens is 3. The quantitative estimate of drug-likeness (QED) is 0.423. The summed E-state index contributed by atoms with van der Waals surface area (Å²) in [4.78, 5) is 12.3. The number of hydrogen-bond acceptors (Lipinski definition) is 8. The fraction of sp³-hybridized carbons (Fsp3) is 0.190. The number of nitrogens with zero attached hydrogens (tertiary/aromatic N) is 6. The van der Waals surface area contributed by atoms with Crippen LogP contribution in [0.1, 0.15) is 35.5 Å². The standard InChI is InChI=1S/C21H17F3N8O/c1-10-3-4-32-17(10)16(12-5-13(21(22,23)24)7-14(33)6-12)30-19(31-32)11(2)29-20-15(8-25)18(26)27-9-28-20/h3-7,9,11,33H,1-2H3,(H3,26,27,28,29). The highest BCUT2D eigenvalue weighted by Gasteiger charge is 2.32. The molecule has 0 radical (unpaired) electrons. The molecule has 0 amide bonds. The number of hydrogen-bond donors (Lipinski definition) is 3. The Morgan fingerprint density at radius 3 is 2.70 bits per heavy atom. The van der Waals surface area contributed by atoms with Crippen LogP contribution in [0.2, 0.25) is 0 Å². The second kappa shape index (κ2) is 7.94. The molecule has 33 heavy (non-hydrogen) atoms. The first-order valence-corrected chi connectivity index (χ1v) is 9.63. The lowest BCUT2D eigenvalue weighted by molar-refractivity contribution is -0.137. The zero-order valence-corrected chi connectivity index (χ0v) is 17.4. The Labute approximate surface area is 185 Å². The molecule has 0 saturated heterocycles. The van der Waals surface area contributed by atoms with E-state index in [4.69, 9.17) is 5.73 Å². The number of alkyl halides is 3. The highest BCUT2D eigenvalue weighted by Crippen LogP contribution is 2.36. The summed E-state index contributed by atoms with van der Waals surface area (Å²) in [7, 11) is 0. The Morgan fingerprint density at radius 2 is 2.00 bits per heavy atom. The van der Waals surface area contributed by atoms with E-state index in [2.05, 4.69) is 25.4 Å². The van der Waals surface area contributed by atoms with E-state index in [0.29, 0.717) is 11.6 Å².